The summed E-state index contributed by atoms with van der Waals surface area (Å²) in [5.41, 5.74) is 6.24. The van der Waals surface area contributed by atoms with Crippen molar-refractivity contribution in [2.45, 2.75) is 26.3 Å². The van der Waals surface area contributed by atoms with Crippen molar-refractivity contribution >= 4 is 23.1 Å². The number of fused-ring (bicyclic) bond motifs is 2. The normalized spacial score (nSPS) is 14.5. The number of aromatic nitrogens is 2. The topological polar surface area (TPSA) is 66.7 Å². The molecule has 0 spiro atoms. The first-order valence-electron chi connectivity index (χ1n) is 11.8. The second-order valence-corrected chi connectivity index (χ2v) is 9.31. The molecule has 35 heavy (non-hydrogen) atoms. The molecule has 2 amide bonds. The molecule has 172 valence electrons. The number of benzene rings is 2. The third kappa shape index (κ3) is 4.17. The molecular formula is C29H24N4O2. The molecular weight excluding hydrogens is 436 g/mol. The van der Waals surface area contributed by atoms with E-state index in [1.807, 2.05) is 58.8 Å². The number of carbonyl (C=O) groups excluding carboxylic acids is 2. The molecule has 3 heterocycles. The van der Waals surface area contributed by atoms with Gasteiger partial charge in [-0.3, -0.25) is 14.0 Å². The van der Waals surface area contributed by atoms with Gasteiger partial charge in [-0.1, -0.05) is 24.1 Å². The van der Waals surface area contributed by atoms with Crippen molar-refractivity contribution in [2.24, 2.45) is 5.92 Å². The monoisotopic (exact) mass is 460 g/mol. The molecule has 6 rings (SSSR count). The molecule has 0 saturated heterocycles. The largest absolute Gasteiger partial charge is 0.334 e. The standard InChI is InChI=1S/C29H24N4O2/c1-19-5-8-22(14-21(19)10-12-25-16-30-27-4-2-3-13-33(25)27)28(34)31-24-11-9-23-18-32(17-20-6-7-20)29(35)26(23)15-24/h2-5,8-9,11,13-16,20H,6-7,17-18H2,1H3,(H,31,34). The summed E-state index contributed by atoms with van der Waals surface area (Å²) < 4.78 is 1.93. The lowest BCUT2D eigenvalue weighted by atomic mass is 10.0. The molecule has 2 aliphatic rings. The number of nitrogens with one attached hydrogen (secondary N) is 1. The van der Waals surface area contributed by atoms with Crippen LogP contribution in [0.25, 0.3) is 5.65 Å². The maximum Gasteiger partial charge on any atom is 0.255 e. The fourth-order valence-corrected chi connectivity index (χ4v) is 4.46. The fourth-order valence-electron chi connectivity index (χ4n) is 4.46. The van der Waals surface area contributed by atoms with Gasteiger partial charge in [0.1, 0.15) is 11.3 Å². The predicted octanol–water partition coefficient (Wildman–Crippen LogP) is 4.66. The Morgan fingerprint density at radius 2 is 2.00 bits per heavy atom. The summed E-state index contributed by atoms with van der Waals surface area (Å²) in [5, 5.41) is 2.94. The van der Waals surface area contributed by atoms with Crippen molar-refractivity contribution in [2.75, 3.05) is 11.9 Å². The van der Waals surface area contributed by atoms with Crippen LogP contribution < -0.4 is 5.32 Å². The van der Waals surface area contributed by atoms with Gasteiger partial charge in [-0.05, 0) is 79.1 Å². The number of nitrogens with zero attached hydrogens (tertiary/aromatic N) is 3. The minimum atomic E-state index is -0.233. The summed E-state index contributed by atoms with van der Waals surface area (Å²) in [7, 11) is 0. The van der Waals surface area contributed by atoms with Gasteiger partial charge in [-0.15, -0.1) is 0 Å². The van der Waals surface area contributed by atoms with E-state index in [9.17, 15) is 9.59 Å². The first-order valence-corrected chi connectivity index (χ1v) is 11.8. The average Bonchev–Trinajstić information content (AvgIpc) is 3.51. The van der Waals surface area contributed by atoms with E-state index in [-0.39, 0.29) is 11.8 Å². The zero-order chi connectivity index (χ0) is 23.9. The Kier molecular flexibility index (Phi) is 5.11. The van der Waals surface area contributed by atoms with Crippen LogP contribution in [0, 0.1) is 24.7 Å². The smallest absolute Gasteiger partial charge is 0.255 e. The average molecular weight is 461 g/mol. The van der Waals surface area contributed by atoms with Crippen LogP contribution >= 0.6 is 0 Å². The Morgan fingerprint density at radius 1 is 1.11 bits per heavy atom. The number of amides is 2. The first-order chi connectivity index (χ1) is 17.0. The second-order valence-electron chi connectivity index (χ2n) is 9.31. The fraction of sp³-hybridized carbons (Fsp3) is 0.207. The molecule has 0 radical (unpaired) electrons. The molecule has 0 unspecified atom stereocenters. The minimum absolute atomic E-state index is 0.0586. The number of carbonyl (C=O) groups is 2. The molecule has 6 nitrogen and oxygen atoms in total. The Hall–Kier alpha value is -4.37. The van der Waals surface area contributed by atoms with Crippen LogP contribution in [0.5, 0.6) is 0 Å². The quantitative estimate of drug-likeness (QED) is 0.451. The Bertz CT molecular complexity index is 1550. The van der Waals surface area contributed by atoms with Crippen LogP contribution in [0.15, 0.2) is 67.0 Å². The number of imidazole rings is 1. The lowest BCUT2D eigenvalue weighted by molar-refractivity contribution is 0.0770. The van der Waals surface area contributed by atoms with Gasteiger partial charge in [0.05, 0.1) is 6.20 Å². The van der Waals surface area contributed by atoms with Gasteiger partial charge in [-0.25, -0.2) is 4.98 Å². The Balaban J connectivity index is 1.21. The van der Waals surface area contributed by atoms with Gasteiger partial charge < -0.3 is 10.2 Å². The van der Waals surface area contributed by atoms with E-state index in [0.717, 1.165) is 34.6 Å². The molecule has 1 N–H and O–H groups in total. The van der Waals surface area contributed by atoms with Crippen molar-refractivity contribution < 1.29 is 9.59 Å². The number of aryl methyl sites for hydroxylation is 1. The molecule has 1 aliphatic carbocycles. The van der Waals surface area contributed by atoms with Crippen LogP contribution in [-0.2, 0) is 6.54 Å². The lowest BCUT2D eigenvalue weighted by Crippen LogP contribution is -2.26. The first kappa shape index (κ1) is 21.2. The van der Waals surface area contributed by atoms with Gasteiger partial charge >= 0.3 is 0 Å². The molecule has 0 atom stereocenters. The van der Waals surface area contributed by atoms with Crippen LogP contribution in [0.1, 0.15) is 55.9 Å². The molecule has 4 aromatic rings. The molecule has 1 aliphatic heterocycles. The zero-order valence-corrected chi connectivity index (χ0v) is 19.4. The van der Waals surface area contributed by atoms with Gasteiger partial charge in [0, 0.05) is 41.7 Å². The van der Waals surface area contributed by atoms with Crippen molar-refractivity contribution in [3.63, 3.8) is 0 Å². The molecule has 0 bridgehead atoms. The molecule has 2 aromatic carbocycles. The van der Waals surface area contributed by atoms with Crippen LogP contribution in [0.3, 0.4) is 0 Å². The highest BCUT2D eigenvalue weighted by atomic mass is 16.2. The lowest BCUT2D eigenvalue weighted by Gasteiger charge is -2.14. The molecule has 1 fully saturated rings. The van der Waals surface area contributed by atoms with Crippen molar-refractivity contribution in [1.82, 2.24) is 14.3 Å². The van der Waals surface area contributed by atoms with Crippen LogP contribution in [0.4, 0.5) is 5.69 Å². The highest BCUT2D eigenvalue weighted by Gasteiger charge is 2.32. The SMILES string of the molecule is Cc1ccc(C(=O)Nc2ccc3c(c2)C(=O)N(CC2CC2)C3)cc1C#Cc1cnc2ccccn12. The summed E-state index contributed by atoms with van der Waals surface area (Å²) in [6.45, 7) is 3.46. The number of rotatable bonds is 4. The number of hydrogen-bond donors (Lipinski definition) is 1. The van der Waals surface area contributed by atoms with Crippen LogP contribution in [0.2, 0.25) is 0 Å². The maximum atomic E-state index is 13.0. The zero-order valence-electron chi connectivity index (χ0n) is 19.4. The van der Waals surface area contributed by atoms with E-state index in [1.54, 1.807) is 24.4 Å². The molecule has 2 aromatic heterocycles. The van der Waals surface area contributed by atoms with Gasteiger partial charge in [0.15, 0.2) is 0 Å². The molecule has 6 heteroatoms. The third-order valence-electron chi connectivity index (χ3n) is 6.66. The Labute approximate surface area is 203 Å². The predicted molar refractivity (Wildman–Crippen MR) is 134 cm³/mol. The Morgan fingerprint density at radius 3 is 2.86 bits per heavy atom. The number of pyridine rings is 1. The van der Waals surface area contributed by atoms with E-state index in [0.29, 0.717) is 29.3 Å². The van der Waals surface area contributed by atoms with Gasteiger partial charge in [0.2, 0.25) is 0 Å². The van der Waals surface area contributed by atoms with Gasteiger partial charge in [-0.2, -0.15) is 0 Å². The van der Waals surface area contributed by atoms with Gasteiger partial charge in [0.25, 0.3) is 11.8 Å². The van der Waals surface area contributed by atoms with E-state index in [4.69, 9.17) is 0 Å². The highest BCUT2D eigenvalue weighted by Crippen LogP contribution is 2.33. The van der Waals surface area contributed by atoms with E-state index in [2.05, 4.69) is 22.1 Å². The number of anilines is 1. The summed E-state index contributed by atoms with van der Waals surface area (Å²) >= 11 is 0. The summed E-state index contributed by atoms with van der Waals surface area (Å²) in [4.78, 5) is 32.1. The summed E-state index contributed by atoms with van der Waals surface area (Å²) in [6.07, 6.45) is 6.09. The highest BCUT2D eigenvalue weighted by molar-refractivity contribution is 6.06. The summed E-state index contributed by atoms with van der Waals surface area (Å²) in [5.74, 6) is 6.84. The summed E-state index contributed by atoms with van der Waals surface area (Å²) in [6, 6.07) is 16.9. The van der Waals surface area contributed by atoms with Crippen molar-refractivity contribution in [3.05, 3.63) is 101 Å². The maximum absolute atomic E-state index is 13.0. The minimum Gasteiger partial charge on any atom is -0.334 e. The second kappa shape index (κ2) is 8.44. The number of hydrogen-bond acceptors (Lipinski definition) is 3. The van der Waals surface area contributed by atoms with Crippen molar-refractivity contribution in [3.8, 4) is 11.8 Å². The van der Waals surface area contributed by atoms with E-state index < -0.39 is 0 Å². The molecule has 1 saturated carbocycles. The van der Waals surface area contributed by atoms with Crippen molar-refractivity contribution in [1.29, 1.82) is 0 Å². The third-order valence-corrected chi connectivity index (χ3v) is 6.66. The van der Waals surface area contributed by atoms with E-state index >= 15 is 0 Å². The van der Waals surface area contributed by atoms with Crippen LogP contribution in [-0.4, -0.2) is 32.6 Å². The van der Waals surface area contributed by atoms with E-state index in [1.165, 1.54) is 12.8 Å².